The fourth-order valence-corrected chi connectivity index (χ4v) is 10.4. The van der Waals surface area contributed by atoms with Crippen molar-refractivity contribution in [1.29, 1.82) is 0 Å². The van der Waals surface area contributed by atoms with E-state index in [2.05, 4.69) is 152 Å². The molecule has 228 valence electrons. The van der Waals surface area contributed by atoms with E-state index in [4.69, 9.17) is 23.2 Å². The van der Waals surface area contributed by atoms with Crippen LogP contribution in [0.25, 0.3) is 0 Å². The third-order valence-corrected chi connectivity index (χ3v) is 13.1. The molecule has 0 nitrogen and oxygen atoms in total. The average Bonchev–Trinajstić information content (AvgIpc) is 3.69. The van der Waals surface area contributed by atoms with Gasteiger partial charge in [-0.2, -0.15) is 35.9 Å². The van der Waals surface area contributed by atoms with Gasteiger partial charge in [-0.25, -0.2) is 12.1 Å². The molecule has 0 amide bonds. The molecule has 0 N–H and O–H groups in total. The maximum Gasteiger partial charge on any atom is 2.00 e. The second-order valence-electron chi connectivity index (χ2n) is 10.2. The van der Waals surface area contributed by atoms with Crippen molar-refractivity contribution in [3.05, 3.63) is 190 Å². The molecule has 0 atom stereocenters. The monoisotopic (exact) mass is 784 g/mol. The van der Waals surface area contributed by atoms with Crippen molar-refractivity contribution in [3.8, 4) is 0 Å². The number of rotatable bonds is 10. The van der Waals surface area contributed by atoms with Crippen molar-refractivity contribution < 1.29 is 37.5 Å². The van der Waals surface area contributed by atoms with Crippen molar-refractivity contribution in [2.45, 2.75) is 24.6 Å². The van der Waals surface area contributed by atoms with Crippen LogP contribution in [0, 0.1) is 0 Å². The van der Waals surface area contributed by atoms with Crippen molar-refractivity contribution in [3.63, 3.8) is 0 Å². The molecule has 0 bridgehead atoms. The minimum absolute atomic E-state index is 0. The smallest absolute Gasteiger partial charge is 0.213 e. The maximum absolute atomic E-state index is 6.42. The molecule has 0 aromatic heterocycles. The van der Waals surface area contributed by atoms with E-state index in [-0.39, 0.29) is 45.4 Å². The predicted molar refractivity (Wildman–Crippen MR) is 188 cm³/mol. The summed E-state index contributed by atoms with van der Waals surface area (Å²) in [5, 5.41) is 4.09. The van der Waals surface area contributed by atoms with Gasteiger partial charge in [0.25, 0.3) is 0 Å². The molecule has 0 spiro atoms. The molecule has 0 aliphatic rings. The number of benzene rings is 4. The second kappa shape index (κ2) is 19.7. The molecule has 6 aromatic rings. The van der Waals surface area contributed by atoms with Crippen LogP contribution in [-0.4, -0.2) is 0 Å². The summed E-state index contributed by atoms with van der Waals surface area (Å²) in [6, 6.07) is 55.7. The molecular weight excluding hydrogens is 752 g/mol. The van der Waals surface area contributed by atoms with Gasteiger partial charge in [-0.05, 0) is 46.9 Å². The zero-order chi connectivity index (χ0) is 29.0. The normalized spacial score (nSPS) is 10.5. The van der Waals surface area contributed by atoms with Crippen molar-refractivity contribution in [2.75, 3.05) is 0 Å². The van der Waals surface area contributed by atoms with Gasteiger partial charge in [-0.1, -0.05) is 131 Å². The van der Waals surface area contributed by atoms with Crippen molar-refractivity contribution in [1.82, 2.24) is 0 Å². The molecule has 6 heteroatoms. The molecule has 0 aliphatic heterocycles. The third kappa shape index (κ3) is 11.2. The van der Waals surface area contributed by atoms with Gasteiger partial charge in [0.05, 0.1) is 0 Å². The Labute approximate surface area is 299 Å². The molecule has 0 saturated carbocycles. The Morgan fingerprint density at radius 1 is 0.432 bits per heavy atom. The summed E-state index contributed by atoms with van der Waals surface area (Å²) < 4.78 is 0. The van der Waals surface area contributed by atoms with Gasteiger partial charge in [-0.15, -0.1) is 38.1 Å². The van der Waals surface area contributed by atoms with Crippen LogP contribution in [0.4, 0.5) is 0 Å². The minimum atomic E-state index is -0.425. The van der Waals surface area contributed by atoms with Crippen LogP contribution < -0.4 is 10.6 Å². The van der Waals surface area contributed by atoms with Gasteiger partial charge in [0.2, 0.25) is 0 Å². The fraction of sp³-hybridized carbons (Fsp3) is 0.105. The predicted octanol–water partition coefficient (Wildman–Crippen LogP) is 11.1. The molecule has 0 unspecified atom stereocenters. The van der Waals surface area contributed by atoms with Gasteiger partial charge in [0.15, 0.2) is 0 Å². The summed E-state index contributed by atoms with van der Waals surface area (Å²) in [5.41, 5.74) is 5.57. The zero-order valence-corrected chi connectivity index (χ0v) is 30.1. The van der Waals surface area contributed by atoms with E-state index in [1.807, 2.05) is 6.07 Å². The van der Waals surface area contributed by atoms with E-state index >= 15 is 0 Å². The van der Waals surface area contributed by atoms with E-state index in [1.54, 1.807) is 0 Å². The van der Waals surface area contributed by atoms with E-state index in [1.165, 1.54) is 32.9 Å². The van der Waals surface area contributed by atoms with Gasteiger partial charge in [0, 0.05) is 20.4 Å². The van der Waals surface area contributed by atoms with Crippen LogP contribution >= 0.6 is 39.0 Å². The summed E-state index contributed by atoms with van der Waals surface area (Å²) in [5.74, 6) is 0. The Bertz CT molecular complexity index is 1510. The van der Waals surface area contributed by atoms with Crippen molar-refractivity contribution >= 4 is 49.7 Å². The second-order valence-corrected chi connectivity index (χ2v) is 15.4. The number of hydrogen-bond donors (Lipinski definition) is 0. The molecule has 0 radical (unpaired) electrons. The largest absolute Gasteiger partial charge is 2.00 e. The Morgan fingerprint density at radius 3 is 1.09 bits per heavy atom. The van der Waals surface area contributed by atoms with Crippen LogP contribution in [0.3, 0.4) is 0 Å². The summed E-state index contributed by atoms with van der Waals surface area (Å²) in [6.45, 7) is 0. The standard InChI is InChI=1S/C19H16Cl2P.C19H18P.Fe.Pd/c20-17-11-12-18(19(17)21)22(13-15-7-3-1-4-8-15)14-16-9-5-2-6-10-16;1-3-9-17(10-4-1)15-20(19-13-7-8-14-19)16-18-11-5-2-6-12-18;;/h1-12H,13-14H2;1-14H,15-16H2;;/q2*-1;+2;. The number of hydrogen-bond acceptors (Lipinski definition) is 0. The summed E-state index contributed by atoms with van der Waals surface area (Å²) in [7, 11) is -0.596. The van der Waals surface area contributed by atoms with Gasteiger partial charge >= 0.3 is 17.1 Å². The third-order valence-electron chi connectivity index (χ3n) is 7.04. The first-order valence-corrected chi connectivity index (χ1v) is 18.3. The van der Waals surface area contributed by atoms with E-state index in [0.717, 1.165) is 29.7 Å². The first-order valence-electron chi connectivity index (χ1n) is 14.1. The topological polar surface area (TPSA) is 0 Å². The average molecular weight is 786 g/mol. The molecule has 44 heavy (non-hydrogen) atoms. The van der Waals surface area contributed by atoms with Crippen LogP contribution in [0.1, 0.15) is 22.3 Å². The number of halogens is 2. The van der Waals surface area contributed by atoms with Gasteiger partial charge in [0.1, 0.15) is 0 Å². The maximum atomic E-state index is 6.42. The molecular formula is C38H34Cl2FeP2Pd. The van der Waals surface area contributed by atoms with Crippen LogP contribution in [0.15, 0.2) is 158 Å². The Balaban J connectivity index is 0.000000231. The zero-order valence-electron chi connectivity index (χ0n) is 24.2. The summed E-state index contributed by atoms with van der Waals surface area (Å²) in [6.07, 6.45) is 4.36. The van der Waals surface area contributed by atoms with Crippen molar-refractivity contribution in [2.24, 2.45) is 0 Å². The molecule has 6 aromatic carbocycles. The molecule has 6 rings (SSSR count). The quantitative estimate of drug-likeness (QED) is 0.0737. The van der Waals surface area contributed by atoms with Crippen LogP contribution in [-0.2, 0) is 62.1 Å². The molecule has 0 aliphatic carbocycles. The minimum Gasteiger partial charge on any atom is -0.213 e. The van der Waals surface area contributed by atoms with Gasteiger partial charge in [-0.3, -0.25) is 0 Å². The first-order chi connectivity index (χ1) is 20.7. The fourth-order valence-electron chi connectivity index (χ4n) is 4.92. The van der Waals surface area contributed by atoms with E-state index in [0.29, 0.717) is 5.02 Å². The first kappa shape index (κ1) is 36.7. The molecule has 0 fully saturated rings. The molecule has 0 heterocycles. The Morgan fingerprint density at radius 2 is 0.773 bits per heavy atom. The Hall–Kier alpha value is -1.80. The summed E-state index contributed by atoms with van der Waals surface area (Å²) >= 11 is 12.6. The van der Waals surface area contributed by atoms with Crippen LogP contribution in [0.2, 0.25) is 10.0 Å². The summed E-state index contributed by atoms with van der Waals surface area (Å²) in [4.78, 5) is 0. The van der Waals surface area contributed by atoms with E-state index in [9.17, 15) is 0 Å². The molecule has 0 saturated heterocycles. The Kier molecular flexibility index (Phi) is 16.4. The van der Waals surface area contributed by atoms with Gasteiger partial charge < -0.3 is 0 Å². The van der Waals surface area contributed by atoms with E-state index < -0.39 is 7.92 Å². The van der Waals surface area contributed by atoms with Crippen LogP contribution in [0.5, 0.6) is 0 Å². The SMILES string of the molecule is Clc1cc[c-](P(Cc2ccccc2)Cc2ccccc2)c1Cl.[Fe+2].[Pd].c1ccc(CP(Cc2ccccc2)[c-]2cccc2)cc1.